The van der Waals surface area contributed by atoms with Gasteiger partial charge in [-0.1, -0.05) is 0 Å². The van der Waals surface area contributed by atoms with Crippen molar-refractivity contribution in [3.8, 4) is 0 Å². The lowest BCUT2D eigenvalue weighted by molar-refractivity contribution is -0.114. The number of carbonyl (C=O) groups is 2. The molecule has 0 aliphatic rings. The van der Waals surface area contributed by atoms with Gasteiger partial charge in [-0.05, 0) is 54.7 Å². The molecule has 2 amide bonds. The summed E-state index contributed by atoms with van der Waals surface area (Å²) >= 11 is 1.58. The van der Waals surface area contributed by atoms with E-state index >= 15 is 0 Å². The lowest BCUT2D eigenvalue weighted by Gasteiger charge is -2.24. The quantitative estimate of drug-likeness (QED) is 0.602. The number of carbonyl (C=O) groups excluding carboxylic acids is 2. The first-order valence-electron chi connectivity index (χ1n) is 8.43. The topological polar surface area (TPSA) is 108 Å². The number of benzene rings is 1. The maximum Gasteiger partial charge on any atom is 0.253 e. The summed E-state index contributed by atoms with van der Waals surface area (Å²) in [5.74, 6) is -0.735. The van der Waals surface area contributed by atoms with Crippen molar-refractivity contribution < 1.29 is 18.0 Å². The molecule has 1 atom stereocenters. The van der Waals surface area contributed by atoms with Gasteiger partial charge in [0.15, 0.2) is 0 Å². The van der Waals surface area contributed by atoms with Crippen molar-refractivity contribution in [3.05, 3.63) is 46.2 Å². The molecule has 2 aromatic rings. The molecule has 0 saturated heterocycles. The minimum absolute atomic E-state index is 0.0277. The van der Waals surface area contributed by atoms with Crippen LogP contribution in [0.3, 0.4) is 0 Å². The number of nitrogens with zero attached hydrogens (tertiary/aromatic N) is 1. The molecule has 0 aliphatic heterocycles. The zero-order chi connectivity index (χ0) is 20.9. The lowest BCUT2D eigenvalue weighted by Crippen LogP contribution is -2.34. The second kappa shape index (κ2) is 9.18. The smallest absolute Gasteiger partial charge is 0.253 e. The largest absolute Gasteiger partial charge is 0.350 e. The molecule has 1 heterocycles. The molecule has 10 heteroatoms. The van der Waals surface area contributed by atoms with Gasteiger partial charge in [-0.25, -0.2) is 8.42 Å². The number of hydrogen-bond acceptors (Lipinski definition) is 6. The van der Waals surface area contributed by atoms with Gasteiger partial charge in [0.25, 0.3) is 5.91 Å². The standard InChI is InChI=1S/C18H24N4O4S2/c1-12(23)20-14-5-6-16(21-28(4,25)26)15(9-14)18(24)19-10-17(22(2)3)13-7-8-27-11-13/h5-9,11,17,21H,10H2,1-4H3,(H,19,24)(H,20,23). The summed E-state index contributed by atoms with van der Waals surface area (Å²) in [6.45, 7) is 1.69. The van der Waals surface area contributed by atoms with Crippen LogP contribution in [-0.2, 0) is 14.8 Å². The van der Waals surface area contributed by atoms with Gasteiger partial charge in [-0.2, -0.15) is 11.3 Å². The predicted octanol–water partition coefficient (Wildman–Crippen LogP) is 2.11. The van der Waals surface area contributed by atoms with E-state index in [4.69, 9.17) is 0 Å². The van der Waals surface area contributed by atoms with Crippen LogP contribution in [0.2, 0.25) is 0 Å². The number of rotatable bonds is 8. The number of sulfonamides is 1. The fourth-order valence-electron chi connectivity index (χ4n) is 2.65. The zero-order valence-corrected chi connectivity index (χ0v) is 17.8. The van der Waals surface area contributed by atoms with Crippen LogP contribution in [0.1, 0.15) is 28.9 Å². The van der Waals surface area contributed by atoms with Gasteiger partial charge in [0, 0.05) is 19.2 Å². The average molecular weight is 425 g/mol. The Bertz CT molecular complexity index is 941. The van der Waals surface area contributed by atoms with Crippen LogP contribution in [0.4, 0.5) is 11.4 Å². The third-order valence-electron chi connectivity index (χ3n) is 3.89. The fraction of sp³-hybridized carbons (Fsp3) is 0.333. The van der Waals surface area contributed by atoms with E-state index in [1.807, 2.05) is 35.8 Å². The highest BCUT2D eigenvalue weighted by atomic mass is 32.2. The summed E-state index contributed by atoms with van der Waals surface area (Å²) in [5.41, 5.74) is 1.75. The number of nitrogens with one attached hydrogen (secondary N) is 3. The Morgan fingerprint density at radius 2 is 1.93 bits per heavy atom. The van der Waals surface area contributed by atoms with Gasteiger partial charge in [0.1, 0.15) is 0 Å². The number of thiophene rings is 1. The Labute approximate surface area is 169 Å². The van der Waals surface area contributed by atoms with Crippen molar-refractivity contribution >= 4 is 44.5 Å². The van der Waals surface area contributed by atoms with E-state index in [1.54, 1.807) is 11.3 Å². The number of amides is 2. The summed E-state index contributed by atoms with van der Waals surface area (Å²) in [6.07, 6.45) is 1.01. The van der Waals surface area contributed by atoms with Crippen molar-refractivity contribution in [2.75, 3.05) is 36.9 Å². The molecule has 0 fully saturated rings. The SMILES string of the molecule is CC(=O)Nc1ccc(NS(C)(=O)=O)c(C(=O)NCC(c2ccsc2)N(C)C)c1. The summed E-state index contributed by atoms with van der Waals surface area (Å²) < 4.78 is 25.6. The highest BCUT2D eigenvalue weighted by molar-refractivity contribution is 7.92. The van der Waals surface area contributed by atoms with Gasteiger partial charge in [0.2, 0.25) is 15.9 Å². The van der Waals surface area contributed by atoms with Gasteiger partial charge in [0.05, 0.1) is 23.5 Å². The van der Waals surface area contributed by atoms with E-state index in [0.717, 1.165) is 11.8 Å². The molecule has 3 N–H and O–H groups in total. The molecule has 0 spiro atoms. The molecule has 2 rings (SSSR count). The van der Waals surface area contributed by atoms with E-state index in [9.17, 15) is 18.0 Å². The molecule has 0 saturated carbocycles. The number of anilines is 2. The normalized spacial score (nSPS) is 12.5. The van der Waals surface area contributed by atoms with Crippen molar-refractivity contribution in [1.29, 1.82) is 0 Å². The van der Waals surface area contributed by atoms with Gasteiger partial charge >= 0.3 is 0 Å². The molecule has 8 nitrogen and oxygen atoms in total. The third kappa shape index (κ3) is 6.32. The van der Waals surface area contributed by atoms with E-state index < -0.39 is 15.9 Å². The monoisotopic (exact) mass is 424 g/mol. The lowest BCUT2D eigenvalue weighted by atomic mass is 10.1. The van der Waals surface area contributed by atoms with Crippen LogP contribution in [0.15, 0.2) is 35.0 Å². The second-order valence-electron chi connectivity index (χ2n) is 6.56. The Hall–Kier alpha value is -2.43. The van der Waals surface area contributed by atoms with E-state index in [2.05, 4.69) is 15.4 Å². The van der Waals surface area contributed by atoms with Gasteiger partial charge < -0.3 is 15.5 Å². The third-order valence-corrected chi connectivity index (χ3v) is 5.18. The molecule has 0 bridgehead atoms. The molecular formula is C18H24N4O4S2. The molecule has 0 radical (unpaired) electrons. The summed E-state index contributed by atoms with van der Waals surface area (Å²) in [5, 5.41) is 9.43. The molecule has 1 aromatic heterocycles. The molecule has 1 aromatic carbocycles. The minimum Gasteiger partial charge on any atom is -0.350 e. The van der Waals surface area contributed by atoms with Gasteiger partial charge in [-0.15, -0.1) is 0 Å². The minimum atomic E-state index is -3.57. The van der Waals surface area contributed by atoms with E-state index in [1.165, 1.54) is 25.1 Å². The van der Waals surface area contributed by atoms with Crippen LogP contribution in [0.25, 0.3) is 0 Å². The van der Waals surface area contributed by atoms with Crippen LogP contribution < -0.4 is 15.4 Å². The first-order valence-corrected chi connectivity index (χ1v) is 11.3. The first-order chi connectivity index (χ1) is 13.1. The highest BCUT2D eigenvalue weighted by Gasteiger charge is 2.19. The van der Waals surface area contributed by atoms with Crippen molar-refractivity contribution in [2.45, 2.75) is 13.0 Å². The molecule has 0 aliphatic carbocycles. The summed E-state index contributed by atoms with van der Waals surface area (Å²) in [4.78, 5) is 26.1. The Kier molecular flexibility index (Phi) is 7.17. The van der Waals surface area contributed by atoms with Crippen molar-refractivity contribution in [2.24, 2.45) is 0 Å². The van der Waals surface area contributed by atoms with Crippen molar-refractivity contribution in [1.82, 2.24) is 10.2 Å². The molecule has 28 heavy (non-hydrogen) atoms. The zero-order valence-electron chi connectivity index (χ0n) is 16.1. The maximum atomic E-state index is 12.8. The molecule has 152 valence electrons. The van der Waals surface area contributed by atoms with Crippen molar-refractivity contribution in [3.63, 3.8) is 0 Å². The molecule has 1 unspecified atom stereocenters. The first kappa shape index (κ1) is 21.9. The van der Waals surface area contributed by atoms with Gasteiger partial charge in [-0.3, -0.25) is 14.3 Å². The Balaban J connectivity index is 2.26. The fourth-order valence-corrected chi connectivity index (χ4v) is 3.93. The molecular weight excluding hydrogens is 400 g/mol. The van der Waals surface area contributed by atoms with E-state index in [-0.39, 0.29) is 23.2 Å². The van der Waals surface area contributed by atoms with Crippen LogP contribution >= 0.6 is 11.3 Å². The number of likely N-dealkylation sites (N-methyl/N-ethyl adjacent to an activating group) is 1. The summed E-state index contributed by atoms with van der Waals surface area (Å²) in [7, 11) is 0.265. The second-order valence-corrected chi connectivity index (χ2v) is 9.09. The maximum absolute atomic E-state index is 12.8. The van der Waals surface area contributed by atoms with E-state index in [0.29, 0.717) is 12.2 Å². The van der Waals surface area contributed by atoms with Crippen LogP contribution in [0, 0.1) is 0 Å². The highest BCUT2D eigenvalue weighted by Crippen LogP contribution is 2.23. The Morgan fingerprint density at radius 3 is 2.46 bits per heavy atom. The van der Waals surface area contributed by atoms with Crippen LogP contribution in [0.5, 0.6) is 0 Å². The summed E-state index contributed by atoms with van der Waals surface area (Å²) in [6, 6.07) is 6.39. The predicted molar refractivity (Wildman–Crippen MR) is 112 cm³/mol. The number of hydrogen-bond donors (Lipinski definition) is 3. The van der Waals surface area contributed by atoms with Crippen LogP contribution in [-0.4, -0.2) is 52.0 Å². The average Bonchev–Trinajstić information content (AvgIpc) is 3.08. The Morgan fingerprint density at radius 1 is 1.21 bits per heavy atom.